The molecule has 1 aromatic heterocycles. The van der Waals surface area contributed by atoms with Crippen LogP contribution in [0, 0.1) is 12.8 Å². The summed E-state index contributed by atoms with van der Waals surface area (Å²) in [6.07, 6.45) is 0. The summed E-state index contributed by atoms with van der Waals surface area (Å²) in [5, 5.41) is 10.9. The van der Waals surface area contributed by atoms with E-state index < -0.39 is 5.97 Å². The number of hydrogen-bond acceptors (Lipinski definition) is 2. The summed E-state index contributed by atoms with van der Waals surface area (Å²) >= 11 is 1.60. The summed E-state index contributed by atoms with van der Waals surface area (Å²) in [7, 11) is 0. The summed E-state index contributed by atoms with van der Waals surface area (Å²) in [5.74, 6) is -0.941. The van der Waals surface area contributed by atoms with Crippen LogP contribution in [0.25, 0.3) is 0 Å². The van der Waals surface area contributed by atoms with Crippen LogP contribution in [-0.2, 0) is 4.79 Å². The molecule has 1 unspecified atom stereocenters. The van der Waals surface area contributed by atoms with Crippen LogP contribution in [0.4, 0.5) is 0 Å². The van der Waals surface area contributed by atoms with Crippen molar-refractivity contribution in [3.05, 3.63) is 21.9 Å². The van der Waals surface area contributed by atoms with E-state index in [4.69, 9.17) is 5.11 Å². The molecule has 72 valence electrons. The molecule has 1 atom stereocenters. The van der Waals surface area contributed by atoms with Crippen LogP contribution in [0.5, 0.6) is 0 Å². The normalized spacial score (nSPS) is 13.2. The fourth-order valence-electron chi connectivity index (χ4n) is 1.44. The summed E-state index contributed by atoms with van der Waals surface area (Å²) in [6.45, 7) is 5.87. The van der Waals surface area contributed by atoms with Gasteiger partial charge in [0.05, 0.1) is 5.92 Å². The van der Waals surface area contributed by atoms with E-state index >= 15 is 0 Å². The third-order valence-corrected chi connectivity index (χ3v) is 2.92. The first-order valence-corrected chi connectivity index (χ1v) is 5.18. The molecule has 0 bridgehead atoms. The fraction of sp³-hybridized carbons (Fsp3) is 0.500. The van der Waals surface area contributed by atoms with Crippen molar-refractivity contribution in [2.45, 2.75) is 26.7 Å². The van der Waals surface area contributed by atoms with E-state index in [-0.39, 0.29) is 11.8 Å². The fourth-order valence-corrected chi connectivity index (χ4v) is 2.18. The number of carboxylic acid groups (broad SMARTS) is 1. The highest BCUT2D eigenvalue weighted by atomic mass is 32.1. The highest BCUT2D eigenvalue weighted by Crippen LogP contribution is 2.28. The molecule has 13 heavy (non-hydrogen) atoms. The first-order valence-electron chi connectivity index (χ1n) is 4.30. The Morgan fingerprint density at radius 1 is 1.54 bits per heavy atom. The monoisotopic (exact) mass is 198 g/mol. The van der Waals surface area contributed by atoms with E-state index in [1.807, 2.05) is 32.2 Å². The molecule has 0 radical (unpaired) electrons. The summed E-state index contributed by atoms with van der Waals surface area (Å²) < 4.78 is 0. The highest BCUT2D eigenvalue weighted by molar-refractivity contribution is 7.10. The minimum atomic E-state index is -0.729. The van der Waals surface area contributed by atoms with Crippen LogP contribution in [0.1, 0.15) is 30.2 Å². The zero-order valence-electron chi connectivity index (χ0n) is 8.07. The quantitative estimate of drug-likeness (QED) is 0.810. The molecule has 0 aliphatic heterocycles. The molecule has 0 saturated carbocycles. The number of aliphatic carboxylic acids is 1. The SMILES string of the molecule is Cc1cc(C(C(=O)O)C(C)C)cs1. The van der Waals surface area contributed by atoms with Gasteiger partial charge in [-0.25, -0.2) is 0 Å². The van der Waals surface area contributed by atoms with E-state index in [2.05, 4.69) is 0 Å². The van der Waals surface area contributed by atoms with E-state index in [9.17, 15) is 4.79 Å². The van der Waals surface area contributed by atoms with Gasteiger partial charge < -0.3 is 5.11 Å². The molecule has 0 fully saturated rings. The number of rotatable bonds is 3. The Morgan fingerprint density at radius 2 is 2.15 bits per heavy atom. The predicted octanol–water partition coefficient (Wildman–Crippen LogP) is 2.88. The second-order valence-corrected chi connectivity index (χ2v) is 4.67. The Labute approximate surface area is 82.2 Å². The lowest BCUT2D eigenvalue weighted by Crippen LogP contribution is -2.16. The molecule has 0 amide bonds. The van der Waals surface area contributed by atoms with Gasteiger partial charge in [0.2, 0.25) is 0 Å². The molecular formula is C10H14O2S. The Balaban J connectivity index is 2.95. The molecule has 1 N–H and O–H groups in total. The molecule has 0 spiro atoms. The predicted molar refractivity (Wildman–Crippen MR) is 54.3 cm³/mol. The van der Waals surface area contributed by atoms with Crippen molar-refractivity contribution < 1.29 is 9.90 Å². The van der Waals surface area contributed by atoms with Crippen molar-refractivity contribution in [3.63, 3.8) is 0 Å². The Hall–Kier alpha value is -0.830. The minimum Gasteiger partial charge on any atom is -0.481 e. The van der Waals surface area contributed by atoms with Crippen LogP contribution in [0.3, 0.4) is 0 Å². The van der Waals surface area contributed by atoms with Gasteiger partial charge in [-0.05, 0) is 29.9 Å². The first-order chi connectivity index (χ1) is 6.02. The van der Waals surface area contributed by atoms with Crippen LogP contribution < -0.4 is 0 Å². The molecule has 1 rings (SSSR count). The van der Waals surface area contributed by atoms with Crippen molar-refractivity contribution in [1.82, 2.24) is 0 Å². The van der Waals surface area contributed by atoms with Crippen LogP contribution in [0.2, 0.25) is 0 Å². The van der Waals surface area contributed by atoms with Gasteiger partial charge >= 0.3 is 5.97 Å². The maximum atomic E-state index is 11.0. The number of carbonyl (C=O) groups is 1. The van der Waals surface area contributed by atoms with Gasteiger partial charge in [-0.3, -0.25) is 4.79 Å². The third kappa shape index (κ3) is 2.31. The lowest BCUT2D eigenvalue weighted by atomic mass is 9.90. The van der Waals surface area contributed by atoms with Gasteiger partial charge in [0.25, 0.3) is 0 Å². The summed E-state index contributed by atoms with van der Waals surface area (Å²) in [5.41, 5.74) is 0.935. The summed E-state index contributed by atoms with van der Waals surface area (Å²) in [4.78, 5) is 12.1. The lowest BCUT2D eigenvalue weighted by Gasteiger charge is -2.14. The van der Waals surface area contributed by atoms with Gasteiger partial charge in [0, 0.05) is 4.88 Å². The molecule has 0 saturated heterocycles. The number of carboxylic acids is 1. The molecule has 0 aromatic carbocycles. The molecule has 1 aromatic rings. The number of thiophene rings is 1. The van der Waals surface area contributed by atoms with Crippen molar-refractivity contribution in [1.29, 1.82) is 0 Å². The second kappa shape index (κ2) is 3.92. The number of hydrogen-bond donors (Lipinski definition) is 1. The van der Waals surface area contributed by atoms with Crippen molar-refractivity contribution in [3.8, 4) is 0 Å². The third-order valence-electron chi connectivity index (χ3n) is 2.04. The maximum absolute atomic E-state index is 11.0. The van der Waals surface area contributed by atoms with Gasteiger partial charge in [-0.2, -0.15) is 0 Å². The second-order valence-electron chi connectivity index (χ2n) is 3.55. The van der Waals surface area contributed by atoms with Gasteiger partial charge in [-0.15, -0.1) is 11.3 Å². The van der Waals surface area contributed by atoms with Gasteiger partial charge in [-0.1, -0.05) is 13.8 Å². The molecule has 2 nitrogen and oxygen atoms in total. The van der Waals surface area contributed by atoms with Crippen LogP contribution >= 0.6 is 11.3 Å². The van der Waals surface area contributed by atoms with Crippen molar-refractivity contribution in [2.24, 2.45) is 5.92 Å². The minimum absolute atomic E-state index is 0.145. The van der Waals surface area contributed by atoms with Crippen molar-refractivity contribution in [2.75, 3.05) is 0 Å². The lowest BCUT2D eigenvalue weighted by molar-refractivity contribution is -0.139. The van der Waals surface area contributed by atoms with Gasteiger partial charge in [0.15, 0.2) is 0 Å². The summed E-state index contributed by atoms with van der Waals surface area (Å²) in [6, 6.07) is 1.96. The Kier molecular flexibility index (Phi) is 3.09. The molecular weight excluding hydrogens is 184 g/mol. The van der Waals surface area contributed by atoms with Crippen molar-refractivity contribution >= 4 is 17.3 Å². The zero-order valence-corrected chi connectivity index (χ0v) is 8.89. The number of aryl methyl sites for hydroxylation is 1. The molecule has 0 aliphatic rings. The van der Waals surface area contributed by atoms with E-state index in [1.165, 1.54) is 4.88 Å². The Morgan fingerprint density at radius 3 is 2.46 bits per heavy atom. The van der Waals surface area contributed by atoms with Crippen LogP contribution in [0.15, 0.2) is 11.4 Å². The standard InChI is InChI=1S/C10H14O2S/c1-6(2)9(10(11)12)8-4-7(3)13-5-8/h4-6,9H,1-3H3,(H,11,12). The highest BCUT2D eigenvalue weighted by Gasteiger charge is 2.23. The average Bonchev–Trinajstić information content (AvgIpc) is 2.34. The molecule has 0 aliphatic carbocycles. The average molecular weight is 198 g/mol. The topological polar surface area (TPSA) is 37.3 Å². The smallest absolute Gasteiger partial charge is 0.311 e. The Bertz CT molecular complexity index is 302. The molecule has 1 heterocycles. The largest absolute Gasteiger partial charge is 0.481 e. The van der Waals surface area contributed by atoms with E-state index in [0.717, 1.165) is 5.56 Å². The molecule has 3 heteroatoms. The van der Waals surface area contributed by atoms with E-state index in [0.29, 0.717) is 0 Å². The zero-order chi connectivity index (χ0) is 10.0. The first kappa shape index (κ1) is 10.3. The van der Waals surface area contributed by atoms with Gasteiger partial charge in [0.1, 0.15) is 0 Å². The van der Waals surface area contributed by atoms with E-state index in [1.54, 1.807) is 11.3 Å². The van der Waals surface area contributed by atoms with Crippen LogP contribution in [-0.4, -0.2) is 11.1 Å². The maximum Gasteiger partial charge on any atom is 0.311 e.